The first-order valence-electron chi connectivity index (χ1n) is 11.8. The van der Waals surface area contributed by atoms with Crippen molar-refractivity contribution in [3.63, 3.8) is 0 Å². The van der Waals surface area contributed by atoms with Crippen LogP contribution in [-0.2, 0) is 9.59 Å². The van der Waals surface area contributed by atoms with Gasteiger partial charge in [-0.1, -0.05) is 0 Å². The number of carbonyl (C=O) groups is 6. The average Bonchev–Trinajstić information content (AvgIpc) is 3.65. The summed E-state index contributed by atoms with van der Waals surface area (Å²) in [6.07, 6.45) is 6.36. The van der Waals surface area contributed by atoms with E-state index < -0.39 is 0 Å². The van der Waals surface area contributed by atoms with Gasteiger partial charge in [0.15, 0.2) is 35.7 Å². The molecule has 0 saturated carbocycles. The molecule has 0 atom stereocenters. The number of hydrogen-bond acceptors (Lipinski definition) is 10. The second kappa shape index (κ2) is 15.9. The van der Waals surface area contributed by atoms with E-state index in [2.05, 4.69) is 47.8 Å². The summed E-state index contributed by atoms with van der Waals surface area (Å²) in [6, 6.07) is 12.9. The number of rotatable bonds is 2. The number of allylic oxidation sites excluding steroid dienone is 4. The summed E-state index contributed by atoms with van der Waals surface area (Å²) in [6.45, 7) is 0. The van der Waals surface area contributed by atoms with Crippen LogP contribution in [0.25, 0.3) is 20.2 Å². The summed E-state index contributed by atoms with van der Waals surface area (Å²) >= 11 is 14.5. The van der Waals surface area contributed by atoms with Crippen LogP contribution in [0.15, 0.2) is 78.1 Å². The van der Waals surface area contributed by atoms with Crippen LogP contribution in [0.1, 0.15) is 51.9 Å². The standard InChI is InChI=1S/C18H6Br2O2S2.C6H3BrO2S.C6H4O2.K.H2O/c19-15-3-7-1-9-11(5-13(7)23-15)18(22)12-6-14-8(4-16(20)24-14)2-10(12)17(9)21;7-6-1-4(2-8)5(3-9)10-6;7-5-1-2-6(8)4-3-5;;/h1-6H;1-3H;1-4H;;1H2/q;;;+1;/p-1. The molecule has 0 aliphatic heterocycles. The molecule has 2 aromatic carbocycles. The van der Waals surface area contributed by atoms with E-state index in [9.17, 15) is 28.8 Å². The fraction of sp³-hybridized carbons (Fsp3) is 0. The summed E-state index contributed by atoms with van der Waals surface area (Å²) in [5.41, 5.74) is 2.46. The Morgan fingerprint density at radius 3 is 1.27 bits per heavy atom. The van der Waals surface area contributed by atoms with Crippen molar-refractivity contribution in [1.29, 1.82) is 0 Å². The maximum absolute atomic E-state index is 13.0. The van der Waals surface area contributed by atoms with Crippen molar-refractivity contribution in [1.82, 2.24) is 0 Å². The Bertz CT molecular complexity index is 1810. The van der Waals surface area contributed by atoms with Crippen LogP contribution in [-0.4, -0.2) is 41.2 Å². The first kappa shape index (κ1) is 37.1. The molecular formula is C30H14Br3KO7S3. The monoisotopic (exact) mass is 858 g/mol. The summed E-state index contributed by atoms with van der Waals surface area (Å²) in [7, 11) is 0. The number of halogens is 3. The second-order valence-electron chi connectivity index (χ2n) is 8.71. The van der Waals surface area contributed by atoms with Crippen LogP contribution >= 0.6 is 81.8 Å². The molecule has 2 aliphatic carbocycles. The Labute approximate surface area is 329 Å². The molecule has 7 rings (SSSR count). The molecule has 0 radical (unpaired) electrons. The van der Waals surface area contributed by atoms with Gasteiger partial charge in [-0.05, 0) is 125 Å². The third-order valence-corrected chi connectivity index (χ3v) is 10.8. The number of carbonyl (C=O) groups excluding carboxylic acids is 6. The Balaban J connectivity index is 0.000000220. The van der Waals surface area contributed by atoms with Gasteiger partial charge in [-0.3, -0.25) is 28.8 Å². The Morgan fingerprint density at radius 1 is 0.523 bits per heavy atom. The van der Waals surface area contributed by atoms with Crippen molar-refractivity contribution in [3.8, 4) is 0 Å². The molecule has 3 aromatic heterocycles. The number of ketones is 4. The third kappa shape index (κ3) is 8.11. The molecule has 5 aromatic rings. The smallest absolute Gasteiger partial charge is 0.870 e. The molecule has 0 unspecified atom stereocenters. The van der Waals surface area contributed by atoms with Crippen molar-refractivity contribution in [2.24, 2.45) is 0 Å². The number of aldehydes is 2. The molecule has 0 fully saturated rings. The fourth-order valence-electron chi connectivity index (χ4n) is 4.16. The minimum Gasteiger partial charge on any atom is -0.870 e. The third-order valence-electron chi connectivity index (χ3n) is 6.05. The fourth-order valence-corrected chi connectivity index (χ4v) is 8.76. The quantitative estimate of drug-likeness (QED) is 0.125. The number of thiophene rings is 3. The summed E-state index contributed by atoms with van der Waals surface area (Å²) in [5, 5.41) is 1.96. The van der Waals surface area contributed by atoms with E-state index in [-0.39, 0.29) is 80.0 Å². The van der Waals surface area contributed by atoms with Gasteiger partial charge in [0.25, 0.3) is 0 Å². The molecule has 44 heavy (non-hydrogen) atoms. The van der Waals surface area contributed by atoms with Crippen LogP contribution in [0.2, 0.25) is 0 Å². The molecule has 0 amide bonds. The van der Waals surface area contributed by atoms with Gasteiger partial charge in [0.1, 0.15) is 0 Å². The van der Waals surface area contributed by atoms with Crippen LogP contribution in [0.3, 0.4) is 0 Å². The van der Waals surface area contributed by atoms with E-state index in [4.69, 9.17) is 0 Å². The number of benzene rings is 2. The average molecular weight is 861 g/mol. The first-order valence-corrected chi connectivity index (χ1v) is 16.6. The van der Waals surface area contributed by atoms with Crippen LogP contribution in [0.5, 0.6) is 0 Å². The molecule has 14 heteroatoms. The van der Waals surface area contributed by atoms with Crippen molar-refractivity contribution in [2.75, 3.05) is 0 Å². The molecule has 0 saturated heterocycles. The predicted octanol–water partition coefficient (Wildman–Crippen LogP) is 5.63. The van der Waals surface area contributed by atoms with Crippen LogP contribution < -0.4 is 51.4 Å². The van der Waals surface area contributed by atoms with Gasteiger partial charge in [-0.15, -0.1) is 34.0 Å². The van der Waals surface area contributed by atoms with Crippen molar-refractivity contribution >= 4 is 138 Å². The van der Waals surface area contributed by atoms with Crippen molar-refractivity contribution < 1.29 is 85.6 Å². The Morgan fingerprint density at radius 2 is 0.909 bits per heavy atom. The molecule has 1 N–H and O–H groups in total. The van der Waals surface area contributed by atoms with E-state index in [1.165, 1.54) is 35.6 Å². The minimum absolute atomic E-state index is 0. The predicted molar refractivity (Wildman–Crippen MR) is 179 cm³/mol. The molecule has 2 aliphatic rings. The zero-order valence-corrected chi connectivity index (χ0v) is 32.6. The summed E-state index contributed by atoms with van der Waals surface area (Å²) in [4.78, 5) is 67.5. The normalized spacial score (nSPS) is 12.7. The van der Waals surface area contributed by atoms with Gasteiger partial charge >= 0.3 is 51.4 Å². The largest absolute Gasteiger partial charge is 1.00 e. The first-order chi connectivity index (χ1) is 20.1. The van der Waals surface area contributed by atoms with Gasteiger partial charge in [-0.25, -0.2) is 0 Å². The molecular weight excluding hydrogens is 847 g/mol. The maximum Gasteiger partial charge on any atom is 1.00 e. The maximum atomic E-state index is 13.0. The van der Waals surface area contributed by atoms with Crippen LogP contribution in [0.4, 0.5) is 0 Å². The Kier molecular flexibility index (Phi) is 13.4. The SMILES string of the molecule is O=C1C=CC(=O)C=C1.O=C1c2cc3cc(Br)sc3cc2C(=O)c2cc3sc(Br)cc3cc21.O=Cc1cc(Br)sc1C=O.[K+].[OH-]. The van der Waals surface area contributed by atoms with E-state index in [0.29, 0.717) is 45.3 Å². The molecule has 0 spiro atoms. The van der Waals surface area contributed by atoms with E-state index >= 15 is 0 Å². The minimum atomic E-state index is -0.121. The topological polar surface area (TPSA) is 132 Å². The second-order valence-corrected chi connectivity index (χ2v) is 16.1. The Hall–Kier alpha value is -1.40. The molecule has 0 bridgehead atoms. The number of hydrogen-bond donors (Lipinski definition) is 0. The van der Waals surface area contributed by atoms with Gasteiger partial charge < -0.3 is 5.48 Å². The van der Waals surface area contributed by atoms with Crippen molar-refractivity contribution in [3.05, 3.63) is 111 Å². The van der Waals surface area contributed by atoms with E-state index in [1.807, 2.05) is 36.4 Å². The van der Waals surface area contributed by atoms with Crippen molar-refractivity contribution in [2.45, 2.75) is 0 Å². The van der Waals surface area contributed by atoms with Gasteiger partial charge in [0, 0.05) is 37.2 Å². The zero-order chi connectivity index (χ0) is 30.1. The van der Waals surface area contributed by atoms with E-state index in [0.717, 1.165) is 31.5 Å². The molecule has 216 valence electrons. The molecule has 3 heterocycles. The zero-order valence-electron chi connectivity index (χ0n) is 22.3. The van der Waals surface area contributed by atoms with Gasteiger partial charge in [-0.2, -0.15) is 0 Å². The summed E-state index contributed by atoms with van der Waals surface area (Å²) < 4.78 is 4.79. The van der Waals surface area contributed by atoms with Crippen LogP contribution in [0, 0.1) is 0 Å². The number of fused-ring (bicyclic) bond motifs is 4. The molecule has 7 nitrogen and oxygen atoms in total. The van der Waals surface area contributed by atoms with Gasteiger partial charge in [0.05, 0.1) is 16.2 Å². The summed E-state index contributed by atoms with van der Waals surface area (Å²) in [5.74, 6) is -0.389. The van der Waals surface area contributed by atoms with E-state index in [1.54, 1.807) is 28.7 Å². The van der Waals surface area contributed by atoms with Gasteiger partial charge in [0.2, 0.25) is 0 Å².